The highest BCUT2D eigenvalue weighted by Crippen LogP contribution is 2.48. The first-order valence-electron chi connectivity index (χ1n) is 10.1. The molecule has 0 spiro atoms. The van der Waals surface area contributed by atoms with Crippen molar-refractivity contribution in [2.75, 3.05) is 19.5 Å². The van der Waals surface area contributed by atoms with Crippen molar-refractivity contribution < 1.29 is 14.6 Å². The van der Waals surface area contributed by atoms with Gasteiger partial charge in [-0.05, 0) is 24.0 Å². The number of rotatable bonds is 8. The van der Waals surface area contributed by atoms with Gasteiger partial charge in [0.25, 0.3) is 0 Å². The molecule has 0 bridgehead atoms. The number of carbonyl (C=O) groups is 1. The van der Waals surface area contributed by atoms with E-state index in [2.05, 4.69) is 12.1 Å². The van der Waals surface area contributed by atoms with Crippen LogP contribution in [0.3, 0.4) is 0 Å². The molecule has 2 saturated heterocycles. The molecule has 2 aromatic rings. The summed E-state index contributed by atoms with van der Waals surface area (Å²) in [6.45, 7) is 1.70. The first kappa shape index (κ1) is 20.3. The molecule has 5 nitrogen and oxygen atoms in total. The number of ether oxygens (including phenoxy) is 1. The van der Waals surface area contributed by atoms with Crippen molar-refractivity contribution in [3.63, 3.8) is 0 Å². The third-order valence-corrected chi connectivity index (χ3v) is 7.29. The summed E-state index contributed by atoms with van der Waals surface area (Å²) in [4.78, 5) is 16.3. The summed E-state index contributed by atoms with van der Waals surface area (Å²) in [5.41, 5.74) is 2.19. The molecule has 0 unspecified atom stereocenters. The Hall–Kier alpha value is -2.02. The molecule has 0 radical (unpaired) electrons. The first-order valence-corrected chi connectivity index (χ1v) is 11.1. The van der Waals surface area contributed by atoms with Crippen LogP contribution in [0.1, 0.15) is 24.0 Å². The van der Waals surface area contributed by atoms with Crippen molar-refractivity contribution >= 4 is 17.8 Å². The fourth-order valence-corrected chi connectivity index (χ4v) is 6.01. The van der Waals surface area contributed by atoms with E-state index in [1.807, 2.05) is 58.3 Å². The third kappa shape index (κ3) is 4.15. The maximum atomic E-state index is 13.5. The zero-order chi connectivity index (χ0) is 20.3. The standard InChI is InChI=1S/C23H28N2O3S/c1-28-14-8-13-23(27)21-20(17-29-23)24(15-18-9-4-2-5-10-18)22(26)25(21)16-19-11-6-3-7-12-19/h2-7,9-12,20-21,27H,8,13-17H2,1H3/t20-,21-,23-/m0/s1. The van der Waals surface area contributed by atoms with Gasteiger partial charge >= 0.3 is 6.03 Å². The molecular weight excluding hydrogens is 384 g/mol. The number of hydrogen-bond donors (Lipinski definition) is 1. The number of thioether (sulfide) groups is 1. The van der Waals surface area contributed by atoms with Crippen molar-refractivity contribution in [1.82, 2.24) is 9.80 Å². The molecule has 2 fully saturated rings. The van der Waals surface area contributed by atoms with Crippen LogP contribution in [0.5, 0.6) is 0 Å². The summed E-state index contributed by atoms with van der Waals surface area (Å²) >= 11 is 1.58. The van der Waals surface area contributed by atoms with Crippen molar-refractivity contribution in [2.45, 2.75) is 42.9 Å². The summed E-state index contributed by atoms with van der Waals surface area (Å²) in [6.07, 6.45) is 1.39. The molecule has 2 aromatic carbocycles. The number of fused-ring (bicyclic) bond motifs is 1. The minimum absolute atomic E-state index is 0.00367. The van der Waals surface area contributed by atoms with E-state index in [9.17, 15) is 9.90 Å². The first-order chi connectivity index (χ1) is 14.1. The van der Waals surface area contributed by atoms with Gasteiger partial charge < -0.3 is 19.6 Å². The van der Waals surface area contributed by atoms with E-state index in [0.29, 0.717) is 26.1 Å². The van der Waals surface area contributed by atoms with Crippen LogP contribution in [-0.2, 0) is 17.8 Å². The van der Waals surface area contributed by atoms with Gasteiger partial charge in [0.15, 0.2) is 0 Å². The van der Waals surface area contributed by atoms with E-state index in [-0.39, 0.29) is 18.1 Å². The molecule has 0 aliphatic carbocycles. The minimum Gasteiger partial charge on any atom is -0.385 e. The number of hydrogen-bond acceptors (Lipinski definition) is 4. The molecule has 29 heavy (non-hydrogen) atoms. The SMILES string of the molecule is COCCC[C@]1(O)SC[C@H]2[C@@H]1N(Cc1ccccc1)C(=O)N2Cc1ccccc1. The zero-order valence-corrected chi connectivity index (χ0v) is 17.6. The van der Waals surface area contributed by atoms with Crippen LogP contribution in [0.25, 0.3) is 0 Å². The number of aliphatic hydroxyl groups is 1. The lowest BCUT2D eigenvalue weighted by Crippen LogP contribution is -2.48. The molecule has 2 amide bonds. The molecule has 1 N–H and O–H groups in total. The monoisotopic (exact) mass is 412 g/mol. The van der Waals surface area contributed by atoms with E-state index in [4.69, 9.17) is 4.74 Å². The van der Waals surface area contributed by atoms with Gasteiger partial charge in [-0.2, -0.15) is 0 Å². The van der Waals surface area contributed by atoms with Gasteiger partial charge in [-0.1, -0.05) is 60.7 Å². The maximum absolute atomic E-state index is 13.5. The highest BCUT2D eigenvalue weighted by atomic mass is 32.2. The summed E-state index contributed by atoms with van der Waals surface area (Å²) < 4.78 is 5.19. The highest BCUT2D eigenvalue weighted by Gasteiger charge is 2.59. The number of urea groups is 1. The molecule has 3 atom stereocenters. The van der Waals surface area contributed by atoms with Gasteiger partial charge in [-0.15, -0.1) is 11.8 Å². The van der Waals surface area contributed by atoms with Crippen molar-refractivity contribution in [3.05, 3.63) is 71.8 Å². The Morgan fingerprint density at radius 2 is 1.62 bits per heavy atom. The number of amides is 2. The topological polar surface area (TPSA) is 53.0 Å². The minimum atomic E-state index is -0.945. The van der Waals surface area contributed by atoms with Crippen LogP contribution in [-0.4, -0.2) is 57.4 Å². The van der Waals surface area contributed by atoms with Gasteiger partial charge in [0, 0.05) is 32.6 Å². The fourth-order valence-electron chi connectivity index (χ4n) is 4.45. The predicted molar refractivity (Wildman–Crippen MR) is 115 cm³/mol. The van der Waals surface area contributed by atoms with Gasteiger partial charge in [0.2, 0.25) is 0 Å². The summed E-state index contributed by atoms with van der Waals surface area (Å²) in [6, 6.07) is 19.9. The Kier molecular flexibility index (Phi) is 6.13. The second-order valence-electron chi connectivity index (χ2n) is 7.77. The average Bonchev–Trinajstić information content (AvgIpc) is 3.21. The number of benzene rings is 2. The van der Waals surface area contributed by atoms with Crippen LogP contribution in [0.2, 0.25) is 0 Å². The lowest BCUT2D eigenvalue weighted by molar-refractivity contribution is 0.0370. The molecule has 2 aliphatic heterocycles. The molecule has 0 saturated carbocycles. The largest absolute Gasteiger partial charge is 0.385 e. The normalized spacial score (nSPS) is 26.2. The Labute approximate surface area is 176 Å². The molecule has 6 heteroatoms. The van der Waals surface area contributed by atoms with E-state index in [1.165, 1.54) is 0 Å². The van der Waals surface area contributed by atoms with E-state index >= 15 is 0 Å². The zero-order valence-electron chi connectivity index (χ0n) is 16.7. The molecule has 4 rings (SSSR count). The number of carbonyl (C=O) groups excluding carboxylic acids is 1. The van der Waals surface area contributed by atoms with Crippen molar-refractivity contribution in [1.29, 1.82) is 0 Å². The Bertz CT molecular complexity index is 819. The molecule has 0 aromatic heterocycles. The predicted octanol–water partition coefficient (Wildman–Crippen LogP) is 3.72. The molecule has 2 aliphatic rings. The van der Waals surface area contributed by atoms with Crippen LogP contribution in [0.15, 0.2) is 60.7 Å². The Balaban J connectivity index is 1.61. The second kappa shape index (κ2) is 8.78. The van der Waals surface area contributed by atoms with Crippen LogP contribution in [0, 0.1) is 0 Å². The molecule has 154 valence electrons. The molecule has 2 heterocycles. The Morgan fingerprint density at radius 3 is 2.21 bits per heavy atom. The van der Waals surface area contributed by atoms with Crippen LogP contribution in [0.4, 0.5) is 4.79 Å². The Morgan fingerprint density at radius 1 is 1.03 bits per heavy atom. The highest BCUT2D eigenvalue weighted by molar-refractivity contribution is 8.00. The van der Waals surface area contributed by atoms with E-state index in [0.717, 1.165) is 23.3 Å². The van der Waals surface area contributed by atoms with Gasteiger partial charge in [-0.25, -0.2) is 4.79 Å². The maximum Gasteiger partial charge on any atom is 0.321 e. The molecular formula is C23H28N2O3S. The van der Waals surface area contributed by atoms with Crippen molar-refractivity contribution in [2.24, 2.45) is 0 Å². The summed E-state index contributed by atoms with van der Waals surface area (Å²) in [5, 5.41) is 11.5. The lowest BCUT2D eigenvalue weighted by atomic mass is 9.98. The number of nitrogens with zero attached hydrogens (tertiary/aromatic N) is 2. The second-order valence-corrected chi connectivity index (χ2v) is 9.10. The lowest BCUT2D eigenvalue weighted by Gasteiger charge is -2.34. The quantitative estimate of drug-likeness (QED) is 0.530. The number of methoxy groups -OCH3 is 1. The summed E-state index contributed by atoms with van der Waals surface area (Å²) in [5.74, 6) is 0.748. The van der Waals surface area contributed by atoms with Gasteiger partial charge in [0.1, 0.15) is 4.93 Å². The van der Waals surface area contributed by atoms with E-state index < -0.39 is 4.93 Å². The summed E-state index contributed by atoms with van der Waals surface area (Å²) in [7, 11) is 1.68. The van der Waals surface area contributed by atoms with Gasteiger partial charge in [-0.3, -0.25) is 0 Å². The smallest absolute Gasteiger partial charge is 0.321 e. The van der Waals surface area contributed by atoms with Crippen LogP contribution < -0.4 is 0 Å². The average molecular weight is 413 g/mol. The van der Waals surface area contributed by atoms with E-state index in [1.54, 1.807) is 18.9 Å². The van der Waals surface area contributed by atoms with Crippen LogP contribution >= 0.6 is 11.8 Å². The third-order valence-electron chi connectivity index (χ3n) is 5.83. The van der Waals surface area contributed by atoms with Gasteiger partial charge in [0.05, 0.1) is 12.1 Å². The van der Waals surface area contributed by atoms with Crippen molar-refractivity contribution in [3.8, 4) is 0 Å². The fraction of sp³-hybridized carbons (Fsp3) is 0.435.